The number of nitrogens with zero attached hydrogens (tertiary/aromatic N) is 2. The molecule has 50 heavy (non-hydrogen) atoms. The fourth-order valence-electron chi connectivity index (χ4n) is 7.49. The van der Waals surface area contributed by atoms with Crippen LogP contribution in [0.25, 0.3) is 98.4 Å². The van der Waals surface area contributed by atoms with Gasteiger partial charge in [-0.1, -0.05) is 121 Å². The molecule has 0 unspecified atom stereocenters. The summed E-state index contributed by atoms with van der Waals surface area (Å²) < 4.78 is 122. The first kappa shape index (κ1) is 17.7. The molecule has 0 aliphatic carbocycles. The Morgan fingerprint density at radius 1 is 0.320 bits per heavy atom. The van der Waals surface area contributed by atoms with E-state index < -0.39 is 66.5 Å². The average Bonchev–Trinajstić information content (AvgIpc) is 3.84. The van der Waals surface area contributed by atoms with E-state index in [-0.39, 0.29) is 66.8 Å². The molecular formula is C48H30N2. The maximum absolute atomic E-state index is 9.87. The predicted octanol–water partition coefficient (Wildman–Crippen LogP) is 13.0. The minimum atomic E-state index is -0.559. The predicted molar refractivity (Wildman–Crippen MR) is 213 cm³/mol. The summed E-state index contributed by atoms with van der Waals surface area (Å²) in [6.07, 6.45) is 0. The monoisotopic (exact) mass is 647 g/mol. The van der Waals surface area contributed by atoms with Crippen LogP contribution in [0.2, 0.25) is 0 Å². The van der Waals surface area contributed by atoms with Crippen LogP contribution < -0.4 is 0 Å². The summed E-state index contributed by atoms with van der Waals surface area (Å²) in [5.74, 6) is 0. The smallest absolute Gasteiger partial charge is 0.0645 e. The molecular weight excluding hydrogens is 605 g/mol. The number of rotatable bonds is 3. The van der Waals surface area contributed by atoms with Crippen molar-refractivity contribution in [2.75, 3.05) is 0 Å². The van der Waals surface area contributed by atoms with Gasteiger partial charge in [-0.05, 0) is 104 Å². The molecule has 0 saturated heterocycles. The Kier molecular flexibility index (Phi) is 3.68. The second-order valence-electron chi connectivity index (χ2n) is 12.3. The number of fused-ring (bicyclic) bond motifs is 12. The Morgan fingerprint density at radius 3 is 1.48 bits per heavy atom. The van der Waals surface area contributed by atoms with Gasteiger partial charge < -0.3 is 9.13 Å². The van der Waals surface area contributed by atoms with Crippen LogP contribution in [0.3, 0.4) is 0 Å². The third-order valence-electron chi connectivity index (χ3n) is 9.65. The molecule has 0 fully saturated rings. The van der Waals surface area contributed by atoms with Gasteiger partial charge in [-0.3, -0.25) is 0 Å². The molecule has 2 heterocycles. The van der Waals surface area contributed by atoms with E-state index in [9.17, 15) is 9.60 Å². The van der Waals surface area contributed by atoms with Crippen molar-refractivity contribution in [2.24, 2.45) is 0 Å². The van der Waals surface area contributed by atoms with Gasteiger partial charge in [0.1, 0.15) is 0 Å². The molecule has 232 valence electrons. The molecule has 0 aliphatic heterocycles. The van der Waals surface area contributed by atoms with Crippen LogP contribution in [0, 0.1) is 0 Å². The number of hydrogen-bond donors (Lipinski definition) is 0. The molecule has 0 radical (unpaired) electrons. The fraction of sp³-hybridized carbons (Fsp3) is 0. The number of para-hydroxylation sites is 3. The zero-order chi connectivity index (χ0) is 44.1. The third-order valence-corrected chi connectivity index (χ3v) is 9.65. The van der Waals surface area contributed by atoms with Crippen LogP contribution in [0.5, 0.6) is 0 Å². The van der Waals surface area contributed by atoms with Crippen molar-refractivity contribution in [3.63, 3.8) is 0 Å². The van der Waals surface area contributed by atoms with Crippen molar-refractivity contribution in [2.45, 2.75) is 0 Å². The Labute approximate surface area is 306 Å². The van der Waals surface area contributed by atoms with Crippen LogP contribution in [0.15, 0.2) is 182 Å². The Bertz CT molecular complexity index is 3860. The van der Waals surface area contributed by atoms with E-state index in [0.717, 1.165) is 32.3 Å². The van der Waals surface area contributed by atoms with E-state index in [1.165, 1.54) is 10.6 Å². The van der Waals surface area contributed by atoms with Crippen molar-refractivity contribution >= 4 is 75.9 Å². The van der Waals surface area contributed by atoms with E-state index >= 15 is 0 Å². The molecule has 0 atom stereocenters. The fourth-order valence-corrected chi connectivity index (χ4v) is 7.49. The summed E-state index contributed by atoms with van der Waals surface area (Å²) in [7, 11) is 0. The first-order valence-electron chi connectivity index (χ1n) is 22.7. The summed E-state index contributed by atoms with van der Waals surface area (Å²) >= 11 is 0. The van der Waals surface area contributed by atoms with E-state index in [1.807, 2.05) is 54.6 Å². The van der Waals surface area contributed by atoms with Crippen molar-refractivity contribution < 1.29 is 17.8 Å². The van der Waals surface area contributed by atoms with Crippen molar-refractivity contribution in [1.29, 1.82) is 0 Å². The molecule has 0 aliphatic rings. The molecule has 0 bridgehead atoms. The molecule has 11 aromatic rings. The molecule has 2 heteroatoms. The van der Waals surface area contributed by atoms with Crippen molar-refractivity contribution in [1.82, 2.24) is 9.13 Å². The summed E-state index contributed by atoms with van der Waals surface area (Å²) in [5.41, 5.74) is 0.697. The molecule has 0 saturated carbocycles. The highest BCUT2D eigenvalue weighted by atomic mass is 15.0. The lowest BCUT2D eigenvalue weighted by Crippen LogP contribution is -1.94. The lowest BCUT2D eigenvalue weighted by Gasteiger charge is -2.14. The Balaban J connectivity index is 1.29. The normalized spacial score (nSPS) is 15.6. The maximum atomic E-state index is 9.87. The minimum absolute atomic E-state index is 0.00595. The average molecular weight is 648 g/mol. The van der Waals surface area contributed by atoms with E-state index in [1.54, 1.807) is 41.0 Å². The standard InChI is InChI=1S/C48H30N2/c1-2-12-33(13-3-1)49-45-20-10-8-18-40(45)43-28-31(22-26-47(43)49)32-23-27-48-44(29-32)41-19-9-11-21-46(41)50(48)34-24-25-39-37-16-5-4-14-35(37)36-15-6-7-17-38(36)42(39)30-34/h1-30H/i8D,9D,10D,11D,18D,19D,20D,21D,22D,23D,27D,28D,29D. The summed E-state index contributed by atoms with van der Waals surface area (Å²) in [5, 5.41) is 5.73. The van der Waals surface area contributed by atoms with Crippen LogP contribution in [0.4, 0.5) is 0 Å². The molecule has 11 rings (SSSR count). The van der Waals surface area contributed by atoms with Gasteiger partial charge in [-0.15, -0.1) is 0 Å². The summed E-state index contributed by atoms with van der Waals surface area (Å²) in [4.78, 5) is 0. The van der Waals surface area contributed by atoms with Gasteiger partial charge in [0.25, 0.3) is 0 Å². The van der Waals surface area contributed by atoms with Gasteiger partial charge >= 0.3 is 0 Å². The molecule has 2 nitrogen and oxygen atoms in total. The third kappa shape index (κ3) is 3.85. The largest absolute Gasteiger partial charge is 0.309 e. The maximum Gasteiger partial charge on any atom is 0.0645 e. The highest BCUT2D eigenvalue weighted by Crippen LogP contribution is 2.40. The van der Waals surface area contributed by atoms with Gasteiger partial charge in [-0.2, -0.15) is 0 Å². The highest BCUT2D eigenvalue weighted by molar-refractivity contribution is 6.25. The van der Waals surface area contributed by atoms with Gasteiger partial charge in [0.15, 0.2) is 0 Å². The topological polar surface area (TPSA) is 9.86 Å². The molecule has 0 spiro atoms. The first-order chi connectivity index (χ1) is 30.2. The van der Waals surface area contributed by atoms with Crippen molar-refractivity contribution in [3.05, 3.63) is 182 Å². The lowest BCUT2D eigenvalue weighted by atomic mass is 9.94. The number of hydrogen-bond acceptors (Lipinski definition) is 0. The van der Waals surface area contributed by atoms with Crippen LogP contribution in [0.1, 0.15) is 17.8 Å². The second-order valence-corrected chi connectivity index (χ2v) is 12.3. The van der Waals surface area contributed by atoms with Crippen LogP contribution in [-0.2, 0) is 0 Å². The second kappa shape index (κ2) is 10.4. The number of benzene rings is 9. The summed E-state index contributed by atoms with van der Waals surface area (Å²) in [6, 6.07) is 25.9. The highest BCUT2D eigenvalue weighted by Gasteiger charge is 2.17. The quantitative estimate of drug-likeness (QED) is 0.169. The van der Waals surface area contributed by atoms with Gasteiger partial charge in [0.2, 0.25) is 0 Å². The Hall–Kier alpha value is -6.64. The first-order valence-corrected chi connectivity index (χ1v) is 16.2. The number of aromatic nitrogens is 2. The molecule has 0 amide bonds. The van der Waals surface area contributed by atoms with E-state index in [4.69, 9.17) is 8.22 Å². The lowest BCUT2D eigenvalue weighted by molar-refractivity contribution is 1.18. The Morgan fingerprint density at radius 2 is 0.820 bits per heavy atom. The molecule has 9 aromatic carbocycles. The minimum Gasteiger partial charge on any atom is -0.309 e. The van der Waals surface area contributed by atoms with E-state index in [0.29, 0.717) is 11.4 Å². The van der Waals surface area contributed by atoms with Gasteiger partial charge in [-0.25, -0.2) is 0 Å². The zero-order valence-corrected chi connectivity index (χ0v) is 26.2. The van der Waals surface area contributed by atoms with Gasteiger partial charge in [0.05, 0.1) is 39.9 Å². The van der Waals surface area contributed by atoms with Crippen molar-refractivity contribution in [3.8, 4) is 22.5 Å². The van der Waals surface area contributed by atoms with Crippen LogP contribution in [-0.4, -0.2) is 9.13 Å². The summed E-state index contributed by atoms with van der Waals surface area (Å²) in [6.45, 7) is 0. The molecule has 2 aromatic heterocycles. The van der Waals surface area contributed by atoms with E-state index in [2.05, 4.69) is 6.07 Å². The van der Waals surface area contributed by atoms with Crippen LogP contribution >= 0.6 is 0 Å². The molecule has 0 N–H and O–H groups in total. The zero-order valence-electron chi connectivity index (χ0n) is 39.2. The van der Waals surface area contributed by atoms with Gasteiger partial charge in [0, 0.05) is 32.9 Å². The SMILES string of the molecule is [2H]c1cc2c(c([2H])c1-c1c([2H])c([2H])c3c(c1[2H])c1c([2H])c([2H])c([2H])c([2H])c1n3-c1ccc3c4ccccc4c4ccccc4c3c1)c1c([2H])c([2H])c([2H])c([2H])c1n2-c1ccccc1.